The van der Waals surface area contributed by atoms with Gasteiger partial charge in [-0.05, 0) is 30.3 Å². The Morgan fingerprint density at radius 1 is 1.04 bits per heavy atom. The first-order chi connectivity index (χ1) is 13.4. The van der Waals surface area contributed by atoms with Gasteiger partial charge in [-0.1, -0.05) is 30.3 Å². The van der Waals surface area contributed by atoms with Crippen LogP contribution in [0.15, 0.2) is 77.7 Å². The van der Waals surface area contributed by atoms with Gasteiger partial charge in [0.2, 0.25) is 5.43 Å². The zero-order valence-corrected chi connectivity index (χ0v) is 14.4. The van der Waals surface area contributed by atoms with Crippen LogP contribution >= 0.6 is 0 Å². The molecule has 0 atom stereocenters. The van der Waals surface area contributed by atoms with Crippen LogP contribution in [0.2, 0.25) is 0 Å². The maximum atomic E-state index is 13.3. The average molecular weight is 384 g/mol. The van der Waals surface area contributed by atoms with E-state index in [1.54, 1.807) is 24.3 Å². The number of para-hydroxylation sites is 2. The molecule has 3 aromatic rings. The number of benzene rings is 2. The lowest BCUT2D eigenvalue weighted by Crippen LogP contribution is -2.20. The third-order valence-corrected chi connectivity index (χ3v) is 3.82. The van der Waals surface area contributed by atoms with Crippen LogP contribution in [0.3, 0.4) is 0 Å². The van der Waals surface area contributed by atoms with Gasteiger partial charge in [0.25, 0.3) is 0 Å². The van der Waals surface area contributed by atoms with Gasteiger partial charge in [-0.2, -0.15) is 18.3 Å². The molecule has 0 saturated carbocycles. The Hall–Kier alpha value is -3.68. The van der Waals surface area contributed by atoms with Crippen LogP contribution in [-0.4, -0.2) is 16.0 Å². The van der Waals surface area contributed by atoms with Crippen LogP contribution in [0.5, 0.6) is 0 Å². The van der Waals surface area contributed by atoms with E-state index in [0.717, 1.165) is 23.0 Å². The van der Waals surface area contributed by atoms with Crippen molar-refractivity contribution >= 4 is 17.6 Å². The van der Waals surface area contributed by atoms with Crippen LogP contribution in [0.4, 0.5) is 18.9 Å². The minimum absolute atomic E-state index is 0.105. The molecule has 0 fully saturated rings. The molecule has 0 bridgehead atoms. The molecule has 0 saturated heterocycles. The van der Waals surface area contributed by atoms with Gasteiger partial charge in [-0.3, -0.25) is 4.79 Å². The lowest BCUT2D eigenvalue weighted by Gasteiger charge is -2.15. The van der Waals surface area contributed by atoms with Crippen molar-refractivity contribution in [2.24, 2.45) is 0 Å². The van der Waals surface area contributed by atoms with Crippen LogP contribution in [0.1, 0.15) is 11.3 Å². The molecular formula is C20H15F3N4O. The molecule has 8 heteroatoms. The second-order valence-corrected chi connectivity index (χ2v) is 5.73. The van der Waals surface area contributed by atoms with Crippen molar-refractivity contribution in [1.82, 2.24) is 9.78 Å². The summed E-state index contributed by atoms with van der Waals surface area (Å²) < 4.78 is 41.0. The average Bonchev–Trinajstić information content (AvgIpc) is 2.68. The van der Waals surface area contributed by atoms with Gasteiger partial charge < -0.3 is 10.7 Å². The monoisotopic (exact) mass is 384 g/mol. The number of hydrogen-bond donors (Lipinski definition) is 2. The molecule has 5 nitrogen and oxygen atoms in total. The molecule has 3 rings (SSSR count). The van der Waals surface area contributed by atoms with Crippen molar-refractivity contribution in [3.63, 3.8) is 0 Å². The highest BCUT2D eigenvalue weighted by molar-refractivity contribution is 5.86. The zero-order chi connectivity index (χ0) is 20.1. The molecule has 2 aromatic carbocycles. The normalized spacial score (nSPS) is 11.9. The number of halogens is 3. The number of aromatic nitrogens is 2. The standard InChI is InChI=1S/C20H15F3N4O/c21-20(22,23)15-8-4-5-9-17(15)27-13-11-18(28)19(26-27)16(10-12-24)25-14-6-2-1-3-7-14/h1-13,24-25H/b16-10-,24-12?. The van der Waals surface area contributed by atoms with E-state index in [4.69, 9.17) is 5.41 Å². The van der Waals surface area contributed by atoms with E-state index >= 15 is 0 Å². The summed E-state index contributed by atoms with van der Waals surface area (Å²) >= 11 is 0. The topological polar surface area (TPSA) is 70.8 Å². The first-order valence-corrected chi connectivity index (χ1v) is 8.20. The molecule has 28 heavy (non-hydrogen) atoms. The van der Waals surface area contributed by atoms with Crippen molar-refractivity contribution in [3.05, 3.63) is 94.4 Å². The molecule has 0 aliphatic carbocycles. The summed E-state index contributed by atoms with van der Waals surface area (Å²) in [6, 6.07) is 15.0. The predicted molar refractivity (Wildman–Crippen MR) is 102 cm³/mol. The molecular weight excluding hydrogens is 369 g/mol. The number of allylic oxidation sites excluding steroid dienone is 1. The van der Waals surface area contributed by atoms with E-state index < -0.39 is 17.2 Å². The van der Waals surface area contributed by atoms with Crippen molar-refractivity contribution in [2.45, 2.75) is 6.18 Å². The molecule has 2 N–H and O–H groups in total. The maximum absolute atomic E-state index is 13.3. The summed E-state index contributed by atoms with van der Waals surface area (Å²) in [4.78, 5) is 12.3. The molecule has 1 aromatic heterocycles. The second-order valence-electron chi connectivity index (χ2n) is 5.73. The Morgan fingerprint density at radius 3 is 2.39 bits per heavy atom. The van der Waals surface area contributed by atoms with E-state index in [1.807, 2.05) is 6.07 Å². The SMILES string of the molecule is N=C/C=C(\Nc1ccccc1)c1nn(-c2ccccc2C(F)(F)F)ccc1=O. The summed E-state index contributed by atoms with van der Waals surface area (Å²) in [5.74, 6) is 0. The minimum Gasteiger partial charge on any atom is -0.354 e. The molecule has 142 valence electrons. The number of alkyl halides is 3. The Labute approximate surface area is 158 Å². The van der Waals surface area contributed by atoms with Crippen LogP contribution in [-0.2, 0) is 6.18 Å². The highest BCUT2D eigenvalue weighted by atomic mass is 19.4. The fourth-order valence-electron chi connectivity index (χ4n) is 2.58. The summed E-state index contributed by atoms with van der Waals surface area (Å²) in [7, 11) is 0. The molecule has 0 spiro atoms. The number of nitrogens with one attached hydrogen (secondary N) is 2. The van der Waals surface area contributed by atoms with Crippen molar-refractivity contribution in [2.75, 3.05) is 5.32 Å². The van der Waals surface area contributed by atoms with Gasteiger partial charge in [-0.25, -0.2) is 4.68 Å². The van der Waals surface area contributed by atoms with Crippen molar-refractivity contribution in [3.8, 4) is 5.69 Å². The van der Waals surface area contributed by atoms with Gasteiger partial charge in [0.05, 0.1) is 16.9 Å². The third kappa shape index (κ3) is 4.17. The Bertz CT molecular complexity index is 1070. The quantitative estimate of drug-likeness (QED) is 0.643. The number of nitrogens with zero attached hydrogens (tertiary/aromatic N) is 2. The third-order valence-electron chi connectivity index (χ3n) is 3.82. The highest BCUT2D eigenvalue weighted by Crippen LogP contribution is 2.33. The number of anilines is 1. The lowest BCUT2D eigenvalue weighted by atomic mass is 10.1. The minimum atomic E-state index is -4.57. The number of hydrogen-bond acceptors (Lipinski definition) is 4. The van der Waals surface area contributed by atoms with Gasteiger partial charge in [0.1, 0.15) is 0 Å². The van der Waals surface area contributed by atoms with E-state index in [0.29, 0.717) is 5.69 Å². The lowest BCUT2D eigenvalue weighted by molar-refractivity contribution is -0.137. The molecule has 0 amide bonds. The molecule has 0 unspecified atom stereocenters. The second kappa shape index (κ2) is 7.91. The zero-order valence-electron chi connectivity index (χ0n) is 14.4. The van der Waals surface area contributed by atoms with E-state index in [9.17, 15) is 18.0 Å². The largest absolute Gasteiger partial charge is 0.418 e. The van der Waals surface area contributed by atoms with Gasteiger partial charge in [0, 0.05) is 24.2 Å². The summed E-state index contributed by atoms with van der Waals surface area (Å²) in [6.07, 6.45) is -1.11. The van der Waals surface area contributed by atoms with Crippen LogP contribution in [0, 0.1) is 5.41 Å². The first-order valence-electron chi connectivity index (χ1n) is 8.20. The Kier molecular flexibility index (Phi) is 5.39. The van der Waals surface area contributed by atoms with E-state index in [1.165, 1.54) is 30.5 Å². The van der Waals surface area contributed by atoms with Crippen LogP contribution in [0.25, 0.3) is 11.4 Å². The fourth-order valence-corrected chi connectivity index (χ4v) is 2.58. The smallest absolute Gasteiger partial charge is 0.354 e. The van der Waals surface area contributed by atoms with Crippen molar-refractivity contribution < 1.29 is 13.2 Å². The van der Waals surface area contributed by atoms with E-state index in [-0.39, 0.29) is 17.1 Å². The molecule has 0 aliphatic rings. The number of rotatable bonds is 5. The van der Waals surface area contributed by atoms with E-state index in [2.05, 4.69) is 10.4 Å². The highest BCUT2D eigenvalue weighted by Gasteiger charge is 2.33. The Balaban J connectivity index is 2.11. The molecule has 0 aliphatic heterocycles. The van der Waals surface area contributed by atoms with Crippen molar-refractivity contribution in [1.29, 1.82) is 5.41 Å². The van der Waals surface area contributed by atoms with Gasteiger partial charge in [-0.15, -0.1) is 0 Å². The van der Waals surface area contributed by atoms with Gasteiger partial charge >= 0.3 is 6.18 Å². The fraction of sp³-hybridized carbons (Fsp3) is 0.0500. The summed E-state index contributed by atoms with van der Waals surface area (Å²) in [5, 5.41) is 14.4. The summed E-state index contributed by atoms with van der Waals surface area (Å²) in [5.41, 5.74) is -0.826. The molecule has 0 radical (unpaired) electrons. The Morgan fingerprint density at radius 2 is 1.71 bits per heavy atom. The van der Waals surface area contributed by atoms with Crippen LogP contribution < -0.4 is 10.7 Å². The molecule has 1 heterocycles. The summed E-state index contributed by atoms with van der Waals surface area (Å²) in [6.45, 7) is 0. The maximum Gasteiger partial charge on any atom is 0.418 e. The predicted octanol–water partition coefficient (Wildman–Crippen LogP) is 4.35. The first kappa shape index (κ1) is 19.1. The van der Waals surface area contributed by atoms with Gasteiger partial charge in [0.15, 0.2) is 5.69 Å².